The van der Waals surface area contributed by atoms with Crippen LogP contribution in [0.4, 0.5) is 0 Å². The highest BCUT2D eigenvalue weighted by Crippen LogP contribution is 2.26. The molecule has 8 nitrogen and oxygen atoms in total. The number of hydrogen-bond acceptors (Lipinski definition) is 8. The Kier molecular flexibility index (Phi) is 6.35. The molecule has 11 heteroatoms. The summed E-state index contributed by atoms with van der Waals surface area (Å²) < 4.78 is 37.8. The number of sulfonamides is 1. The SMILES string of the molecule is CCN(CC)S(=O)(=O)c1ccc(SCc2nnc(-c3ccc(Br)o3)o2)nc1. The van der Waals surface area contributed by atoms with Crippen molar-refractivity contribution in [2.24, 2.45) is 0 Å². The first-order valence-electron chi connectivity index (χ1n) is 8.11. The van der Waals surface area contributed by atoms with Gasteiger partial charge in [-0.1, -0.05) is 25.6 Å². The Balaban J connectivity index is 1.65. The van der Waals surface area contributed by atoms with E-state index in [0.29, 0.717) is 46.1 Å². The molecule has 0 unspecified atom stereocenters. The van der Waals surface area contributed by atoms with Crippen LogP contribution < -0.4 is 0 Å². The van der Waals surface area contributed by atoms with E-state index in [1.165, 1.54) is 22.3 Å². The number of hydrogen-bond donors (Lipinski definition) is 0. The van der Waals surface area contributed by atoms with Crippen molar-refractivity contribution in [3.8, 4) is 11.7 Å². The van der Waals surface area contributed by atoms with Crippen molar-refractivity contribution in [1.82, 2.24) is 19.5 Å². The number of rotatable bonds is 8. The van der Waals surface area contributed by atoms with Crippen molar-refractivity contribution in [2.75, 3.05) is 13.1 Å². The Labute approximate surface area is 169 Å². The lowest BCUT2D eigenvalue weighted by atomic mass is 10.5. The number of halogens is 1. The zero-order valence-corrected chi connectivity index (χ0v) is 17.8. The fourth-order valence-corrected chi connectivity index (χ4v) is 4.68. The van der Waals surface area contributed by atoms with Crippen molar-refractivity contribution < 1.29 is 17.3 Å². The van der Waals surface area contributed by atoms with Crippen molar-refractivity contribution in [1.29, 1.82) is 0 Å². The van der Waals surface area contributed by atoms with Crippen LogP contribution in [0.2, 0.25) is 0 Å². The summed E-state index contributed by atoms with van der Waals surface area (Å²) in [4.78, 5) is 4.40. The van der Waals surface area contributed by atoms with Gasteiger partial charge in [0.15, 0.2) is 10.4 Å². The molecule has 0 atom stereocenters. The third-order valence-corrected chi connectivity index (χ3v) is 7.03. The summed E-state index contributed by atoms with van der Waals surface area (Å²) in [6, 6.07) is 6.70. The average Bonchev–Trinajstić information content (AvgIpc) is 3.30. The van der Waals surface area contributed by atoms with Crippen LogP contribution >= 0.6 is 27.7 Å². The van der Waals surface area contributed by atoms with Crippen LogP contribution in [0, 0.1) is 0 Å². The Bertz CT molecular complexity index is 998. The monoisotopic (exact) mass is 472 g/mol. The van der Waals surface area contributed by atoms with Crippen molar-refractivity contribution in [3.05, 3.63) is 41.0 Å². The summed E-state index contributed by atoms with van der Waals surface area (Å²) >= 11 is 4.59. The van der Waals surface area contributed by atoms with Gasteiger partial charge >= 0.3 is 0 Å². The van der Waals surface area contributed by atoms with E-state index in [9.17, 15) is 8.42 Å². The maximum Gasteiger partial charge on any atom is 0.283 e. The van der Waals surface area contributed by atoms with Gasteiger partial charge < -0.3 is 8.83 Å². The average molecular weight is 473 g/mol. The highest BCUT2D eigenvalue weighted by atomic mass is 79.9. The molecule has 27 heavy (non-hydrogen) atoms. The van der Waals surface area contributed by atoms with E-state index < -0.39 is 10.0 Å². The third kappa shape index (κ3) is 4.60. The van der Waals surface area contributed by atoms with E-state index in [0.717, 1.165) is 0 Å². The van der Waals surface area contributed by atoms with Crippen molar-refractivity contribution in [3.63, 3.8) is 0 Å². The number of nitrogens with zero attached hydrogens (tertiary/aromatic N) is 4. The van der Waals surface area contributed by atoms with E-state index in [1.54, 1.807) is 38.1 Å². The van der Waals surface area contributed by atoms with Crippen LogP contribution in [0.3, 0.4) is 0 Å². The van der Waals surface area contributed by atoms with Gasteiger partial charge in [-0.15, -0.1) is 10.2 Å². The molecule has 0 aliphatic carbocycles. The molecule has 0 fully saturated rings. The molecule has 0 aromatic carbocycles. The van der Waals surface area contributed by atoms with Gasteiger partial charge in [0.2, 0.25) is 15.9 Å². The molecule has 0 spiro atoms. The fourth-order valence-electron chi connectivity index (χ4n) is 2.29. The first-order chi connectivity index (χ1) is 12.9. The lowest BCUT2D eigenvalue weighted by Crippen LogP contribution is -2.30. The quantitative estimate of drug-likeness (QED) is 0.455. The zero-order valence-electron chi connectivity index (χ0n) is 14.6. The van der Waals surface area contributed by atoms with Crippen LogP contribution in [0.15, 0.2) is 53.9 Å². The Morgan fingerprint density at radius 1 is 1.11 bits per heavy atom. The molecule has 0 N–H and O–H groups in total. The van der Waals surface area contributed by atoms with E-state index in [1.807, 2.05) is 0 Å². The number of pyridine rings is 1. The standard InChI is InChI=1S/C16H17BrN4O4S2/c1-3-21(4-2)27(22,23)11-5-8-15(18-9-11)26-10-14-19-20-16(25-14)12-6-7-13(17)24-12/h5-9H,3-4,10H2,1-2H3. The van der Waals surface area contributed by atoms with Gasteiger partial charge in [-0.25, -0.2) is 13.4 Å². The highest BCUT2D eigenvalue weighted by Gasteiger charge is 2.21. The molecule has 0 saturated carbocycles. The molecule has 0 bridgehead atoms. The van der Waals surface area contributed by atoms with E-state index >= 15 is 0 Å². The minimum atomic E-state index is -3.50. The maximum atomic E-state index is 12.5. The highest BCUT2D eigenvalue weighted by molar-refractivity contribution is 9.10. The number of thioether (sulfide) groups is 1. The summed E-state index contributed by atoms with van der Waals surface area (Å²) in [5.74, 6) is 1.60. The zero-order chi connectivity index (χ0) is 19.4. The molecule has 144 valence electrons. The van der Waals surface area contributed by atoms with Crippen LogP contribution in [0.25, 0.3) is 11.7 Å². The first-order valence-corrected chi connectivity index (χ1v) is 11.3. The smallest absolute Gasteiger partial charge is 0.283 e. The second-order valence-corrected chi connectivity index (χ2v) is 9.03. The Morgan fingerprint density at radius 2 is 1.89 bits per heavy atom. The second-order valence-electron chi connectivity index (χ2n) is 5.31. The molecular weight excluding hydrogens is 456 g/mol. The minimum absolute atomic E-state index is 0.180. The largest absolute Gasteiger partial charge is 0.444 e. The summed E-state index contributed by atoms with van der Waals surface area (Å²) in [6.07, 6.45) is 1.37. The van der Waals surface area contributed by atoms with Crippen molar-refractivity contribution >= 4 is 37.7 Å². The predicted octanol–water partition coefficient (Wildman–Crippen LogP) is 3.81. The van der Waals surface area contributed by atoms with Crippen LogP contribution in [-0.2, 0) is 15.8 Å². The molecule has 3 rings (SSSR count). The molecule has 3 aromatic rings. The molecule has 0 saturated heterocycles. The first kappa shape index (κ1) is 20.1. The minimum Gasteiger partial charge on any atom is -0.444 e. The van der Waals surface area contributed by atoms with Gasteiger partial charge in [-0.2, -0.15) is 4.31 Å². The molecular formula is C16H17BrN4O4S2. The number of furan rings is 1. The van der Waals surface area contributed by atoms with Gasteiger partial charge in [-0.3, -0.25) is 0 Å². The summed E-state index contributed by atoms with van der Waals surface area (Å²) in [6.45, 7) is 4.44. The molecule has 3 heterocycles. The molecule has 3 aromatic heterocycles. The summed E-state index contributed by atoms with van der Waals surface area (Å²) in [5, 5.41) is 8.58. The van der Waals surface area contributed by atoms with Gasteiger partial charge in [0.05, 0.1) is 10.8 Å². The third-order valence-electron chi connectivity index (χ3n) is 3.65. The van der Waals surface area contributed by atoms with Crippen molar-refractivity contribution in [2.45, 2.75) is 29.5 Å². The van der Waals surface area contributed by atoms with Crippen LogP contribution in [0.5, 0.6) is 0 Å². The lowest BCUT2D eigenvalue weighted by molar-refractivity contribution is 0.445. The molecule has 0 aliphatic heterocycles. The maximum absolute atomic E-state index is 12.5. The fraction of sp³-hybridized carbons (Fsp3) is 0.312. The van der Waals surface area contributed by atoms with Gasteiger partial charge in [0.1, 0.15) is 4.90 Å². The molecule has 0 radical (unpaired) electrons. The lowest BCUT2D eigenvalue weighted by Gasteiger charge is -2.18. The predicted molar refractivity (Wildman–Crippen MR) is 104 cm³/mol. The number of aromatic nitrogens is 3. The summed E-state index contributed by atoms with van der Waals surface area (Å²) in [7, 11) is -3.50. The van der Waals surface area contributed by atoms with Crippen LogP contribution in [0.1, 0.15) is 19.7 Å². The topological polar surface area (TPSA) is 102 Å². The van der Waals surface area contributed by atoms with Gasteiger partial charge in [0, 0.05) is 19.3 Å². The second kappa shape index (κ2) is 8.55. The van der Waals surface area contributed by atoms with E-state index in [-0.39, 0.29) is 4.90 Å². The van der Waals surface area contributed by atoms with Crippen LogP contribution in [-0.4, -0.2) is 41.0 Å². The van der Waals surface area contributed by atoms with Gasteiger partial charge in [-0.05, 0) is 40.2 Å². The Hall–Kier alpha value is -1.69. The van der Waals surface area contributed by atoms with Gasteiger partial charge in [0.25, 0.3) is 5.89 Å². The van der Waals surface area contributed by atoms with E-state index in [2.05, 4.69) is 31.1 Å². The molecule has 0 aliphatic rings. The van der Waals surface area contributed by atoms with E-state index in [4.69, 9.17) is 8.83 Å². The molecule has 0 amide bonds. The summed E-state index contributed by atoms with van der Waals surface area (Å²) in [5.41, 5.74) is 0. The Morgan fingerprint density at radius 3 is 2.48 bits per heavy atom. The normalized spacial score (nSPS) is 12.0.